The molecule has 2 rings (SSSR count). The molecule has 0 aromatic carbocycles. The normalized spacial score (nSPS) is 22.1. The third kappa shape index (κ3) is 7.32. The van der Waals surface area contributed by atoms with E-state index in [-0.39, 0.29) is 23.8 Å². The summed E-state index contributed by atoms with van der Waals surface area (Å²) in [6.45, 7) is 0. The summed E-state index contributed by atoms with van der Waals surface area (Å²) in [5.74, 6) is 0.949. The van der Waals surface area contributed by atoms with Gasteiger partial charge in [0.25, 0.3) is 0 Å². The average molecular weight is 523 g/mol. The van der Waals surface area contributed by atoms with Gasteiger partial charge < -0.3 is 0 Å². The van der Waals surface area contributed by atoms with Crippen molar-refractivity contribution in [3.63, 3.8) is 0 Å². The first-order chi connectivity index (χ1) is 12.9. The van der Waals surface area contributed by atoms with Crippen molar-refractivity contribution in [3.8, 4) is 0 Å². The number of carbonyl (C=O) groups is 2. The van der Waals surface area contributed by atoms with Crippen molar-refractivity contribution in [3.05, 3.63) is 0 Å². The molecule has 4 nitrogen and oxygen atoms in total. The molecule has 0 N–H and O–H groups in total. The molecule has 2 atom stereocenters. The Morgan fingerprint density at radius 1 is 0.778 bits per heavy atom. The van der Waals surface area contributed by atoms with Gasteiger partial charge in [-0.05, 0) is 0 Å². The summed E-state index contributed by atoms with van der Waals surface area (Å²) in [5.41, 5.74) is 0. The second kappa shape index (κ2) is 11.6. The maximum atomic E-state index is 12.8. The molecule has 0 radical (unpaired) electrons. The molecule has 27 heavy (non-hydrogen) atoms. The van der Waals surface area contributed by atoms with Crippen molar-refractivity contribution in [1.29, 1.82) is 0 Å². The molecular formula is C20H36O4S2Sn. The summed E-state index contributed by atoms with van der Waals surface area (Å²) in [6, 6.07) is 0. The monoisotopic (exact) mass is 524 g/mol. The van der Waals surface area contributed by atoms with Gasteiger partial charge in [0.2, 0.25) is 0 Å². The van der Waals surface area contributed by atoms with Crippen LogP contribution in [0.4, 0.5) is 0 Å². The van der Waals surface area contributed by atoms with E-state index >= 15 is 0 Å². The molecule has 2 saturated carbocycles. The summed E-state index contributed by atoms with van der Waals surface area (Å²) >= 11 is 5.10. The predicted octanol–water partition coefficient (Wildman–Crippen LogP) is 5.03. The van der Waals surface area contributed by atoms with Crippen LogP contribution in [0.15, 0.2) is 0 Å². The summed E-state index contributed by atoms with van der Waals surface area (Å²) in [4.78, 5) is 29.3. The second-order valence-corrected chi connectivity index (χ2v) is 18.5. The van der Waals surface area contributed by atoms with Crippen LogP contribution >= 0.6 is 25.3 Å². The Bertz CT molecular complexity index is 446. The van der Waals surface area contributed by atoms with Crippen molar-refractivity contribution in [2.24, 2.45) is 23.7 Å². The number of hydrogen-bond donors (Lipinski definition) is 2. The SMILES string of the molecule is [CH3][Sn]([CH3])([O]C(=O)C(CS)C1CCCCC1)[O]C(=O)C(CS)C1CCCCC1. The molecule has 2 unspecified atom stereocenters. The Balaban J connectivity index is 1.93. The van der Waals surface area contributed by atoms with Crippen LogP contribution in [0.1, 0.15) is 64.2 Å². The molecule has 0 aliphatic heterocycles. The van der Waals surface area contributed by atoms with Gasteiger partial charge in [-0.3, -0.25) is 0 Å². The second-order valence-electron chi connectivity index (χ2n) is 8.62. The van der Waals surface area contributed by atoms with Gasteiger partial charge in [-0.1, -0.05) is 0 Å². The van der Waals surface area contributed by atoms with E-state index in [9.17, 15) is 9.59 Å². The first-order valence-electron chi connectivity index (χ1n) is 10.6. The van der Waals surface area contributed by atoms with Crippen LogP contribution < -0.4 is 0 Å². The Morgan fingerprint density at radius 3 is 1.41 bits per heavy atom. The maximum absolute atomic E-state index is 12.8. The van der Waals surface area contributed by atoms with E-state index in [1.165, 1.54) is 38.5 Å². The van der Waals surface area contributed by atoms with Crippen LogP contribution in [0.3, 0.4) is 0 Å². The van der Waals surface area contributed by atoms with E-state index in [2.05, 4.69) is 25.3 Å². The molecule has 0 spiro atoms. The van der Waals surface area contributed by atoms with Gasteiger partial charge in [-0.2, -0.15) is 0 Å². The molecule has 0 bridgehead atoms. The molecule has 0 heterocycles. The van der Waals surface area contributed by atoms with E-state index in [0.29, 0.717) is 23.3 Å². The Labute approximate surface area is 180 Å². The third-order valence-electron chi connectivity index (χ3n) is 6.13. The fourth-order valence-corrected chi connectivity index (χ4v) is 9.20. The molecule has 0 amide bonds. The first-order valence-corrected chi connectivity index (χ1v) is 19.9. The Kier molecular flexibility index (Phi) is 10.2. The van der Waals surface area contributed by atoms with E-state index in [1.54, 1.807) is 0 Å². The zero-order valence-electron chi connectivity index (χ0n) is 16.8. The van der Waals surface area contributed by atoms with E-state index < -0.39 is 19.2 Å². The van der Waals surface area contributed by atoms with Crippen molar-refractivity contribution >= 4 is 56.4 Å². The van der Waals surface area contributed by atoms with Crippen LogP contribution in [-0.4, -0.2) is 42.6 Å². The number of thiol groups is 2. The van der Waals surface area contributed by atoms with E-state index in [4.69, 9.17) is 6.15 Å². The quantitative estimate of drug-likeness (QED) is 0.347. The Hall–Kier alpha value is 0.439. The van der Waals surface area contributed by atoms with Crippen molar-refractivity contribution < 1.29 is 15.7 Å². The van der Waals surface area contributed by atoms with Crippen LogP contribution in [0.25, 0.3) is 0 Å². The van der Waals surface area contributed by atoms with Gasteiger partial charge >= 0.3 is 181 Å². The van der Waals surface area contributed by atoms with Gasteiger partial charge in [-0.15, -0.1) is 0 Å². The van der Waals surface area contributed by atoms with E-state index in [1.807, 2.05) is 9.88 Å². The number of carbonyl (C=O) groups excluding carboxylic acids is 2. The minimum atomic E-state index is -3.71. The first kappa shape index (κ1) is 23.7. The fraction of sp³-hybridized carbons (Fsp3) is 0.900. The third-order valence-corrected chi connectivity index (χ3v) is 10.9. The van der Waals surface area contributed by atoms with Gasteiger partial charge in [0.05, 0.1) is 0 Å². The molecule has 2 aliphatic rings. The number of rotatable bonds is 8. The van der Waals surface area contributed by atoms with Crippen LogP contribution in [0.5, 0.6) is 0 Å². The number of hydrogen-bond acceptors (Lipinski definition) is 6. The molecule has 2 fully saturated rings. The van der Waals surface area contributed by atoms with Crippen molar-refractivity contribution in [1.82, 2.24) is 0 Å². The molecule has 156 valence electrons. The summed E-state index contributed by atoms with van der Waals surface area (Å²) in [7, 11) is 0. The zero-order chi connectivity index (χ0) is 19.9. The van der Waals surface area contributed by atoms with Crippen LogP contribution in [-0.2, 0) is 15.7 Å². The van der Waals surface area contributed by atoms with E-state index in [0.717, 1.165) is 25.7 Å². The predicted molar refractivity (Wildman–Crippen MR) is 118 cm³/mol. The van der Waals surface area contributed by atoms with Gasteiger partial charge in [0.15, 0.2) is 0 Å². The summed E-state index contributed by atoms with van der Waals surface area (Å²) < 4.78 is 11.7. The van der Waals surface area contributed by atoms with Crippen molar-refractivity contribution in [2.45, 2.75) is 74.1 Å². The molecule has 0 aromatic rings. The van der Waals surface area contributed by atoms with Crippen LogP contribution in [0, 0.1) is 23.7 Å². The van der Waals surface area contributed by atoms with Crippen molar-refractivity contribution in [2.75, 3.05) is 11.5 Å². The molecule has 0 saturated heterocycles. The molecular weight excluding hydrogens is 487 g/mol. The van der Waals surface area contributed by atoms with Crippen LogP contribution in [0.2, 0.25) is 9.88 Å². The molecule has 2 aliphatic carbocycles. The summed E-state index contributed by atoms with van der Waals surface area (Å²) in [5, 5.41) is 0. The minimum absolute atomic E-state index is 0.178. The molecule has 0 aromatic heterocycles. The fourth-order valence-electron chi connectivity index (χ4n) is 4.56. The van der Waals surface area contributed by atoms with Gasteiger partial charge in [-0.25, -0.2) is 0 Å². The molecule has 7 heteroatoms. The average Bonchev–Trinajstić information content (AvgIpc) is 2.63. The van der Waals surface area contributed by atoms with Gasteiger partial charge in [0.1, 0.15) is 0 Å². The Morgan fingerprint density at radius 2 is 1.11 bits per heavy atom. The summed E-state index contributed by atoms with van der Waals surface area (Å²) in [6.07, 6.45) is 11.5. The standard InChI is InChI=1S/2C9H16O2S.2CH3.Sn/c2*10-9(11)8(6-12)7-4-2-1-3-5-7;;;/h2*7-8,12H,1-6H2,(H,10,11);2*1H3;/q;;;;+2/p-2. The van der Waals surface area contributed by atoms with Gasteiger partial charge in [0, 0.05) is 0 Å². The zero-order valence-corrected chi connectivity index (χ0v) is 21.5. The topological polar surface area (TPSA) is 52.6 Å².